The van der Waals surface area contributed by atoms with Crippen LogP contribution in [0.2, 0.25) is 0 Å². The van der Waals surface area contributed by atoms with E-state index in [0.717, 1.165) is 0 Å². The SMILES string of the molecule is [c]1cnn(-c2ncc[nH]2)c1. The fraction of sp³-hybridized carbons (Fsp3) is 0. The van der Waals surface area contributed by atoms with Crippen molar-refractivity contribution in [2.24, 2.45) is 0 Å². The molecule has 0 aromatic carbocycles. The highest BCUT2D eigenvalue weighted by Crippen LogP contribution is 1.94. The van der Waals surface area contributed by atoms with Crippen molar-refractivity contribution in [2.45, 2.75) is 0 Å². The zero-order valence-corrected chi connectivity index (χ0v) is 5.15. The molecule has 2 aromatic rings. The molecule has 0 saturated carbocycles. The van der Waals surface area contributed by atoms with Crippen LogP contribution in [0, 0.1) is 6.07 Å². The van der Waals surface area contributed by atoms with Crippen molar-refractivity contribution in [3.63, 3.8) is 0 Å². The third-order valence-electron chi connectivity index (χ3n) is 1.15. The van der Waals surface area contributed by atoms with E-state index in [2.05, 4.69) is 21.1 Å². The Bertz CT molecular complexity index is 249. The minimum Gasteiger partial charge on any atom is -0.329 e. The predicted octanol–water partition coefficient (Wildman–Crippen LogP) is 0.396. The second-order valence-electron chi connectivity index (χ2n) is 1.80. The van der Waals surface area contributed by atoms with Crippen LogP contribution < -0.4 is 0 Å². The molecule has 0 bridgehead atoms. The van der Waals surface area contributed by atoms with Gasteiger partial charge in [-0.3, -0.25) is 0 Å². The number of aromatic amines is 1. The van der Waals surface area contributed by atoms with Gasteiger partial charge in [0.1, 0.15) is 0 Å². The van der Waals surface area contributed by atoms with Gasteiger partial charge in [-0.2, -0.15) is 5.10 Å². The molecule has 10 heavy (non-hydrogen) atoms. The number of aromatic nitrogens is 4. The fourth-order valence-corrected chi connectivity index (χ4v) is 0.731. The molecule has 0 amide bonds. The summed E-state index contributed by atoms with van der Waals surface area (Å²) < 4.78 is 1.61. The molecule has 2 heterocycles. The van der Waals surface area contributed by atoms with Crippen molar-refractivity contribution in [3.8, 4) is 5.95 Å². The van der Waals surface area contributed by atoms with Gasteiger partial charge in [-0.25, -0.2) is 9.67 Å². The lowest BCUT2D eigenvalue weighted by Crippen LogP contribution is -1.95. The third kappa shape index (κ3) is 0.699. The van der Waals surface area contributed by atoms with Gasteiger partial charge in [0.25, 0.3) is 0 Å². The molecule has 0 saturated heterocycles. The molecule has 0 aliphatic rings. The molecule has 49 valence electrons. The Kier molecular flexibility index (Phi) is 1.04. The number of nitrogens with one attached hydrogen (secondary N) is 1. The van der Waals surface area contributed by atoms with Gasteiger partial charge in [0, 0.05) is 24.7 Å². The highest BCUT2D eigenvalue weighted by molar-refractivity contribution is 5.06. The second kappa shape index (κ2) is 1.98. The standard InChI is InChI=1S/C6H5N4/c1-2-9-10(5-1)6-7-3-4-8-6/h2-5H,(H,7,8). The molecule has 0 aliphatic heterocycles. The monoisotopic (exact) mass is 133 g/mol. The largest absolute Gasteiger partial charge is 0.329 e. The molecular formula is C6H5N4. The van der Waals surface area contributed by atoms with Gasteiger partial charge < -0.3 is 4.98 Å². The van der Waals surface area contributed by atoms with Gasteiger partial charge in [0.05, 0.1) is 6.20 Å². The summed E-state index contributed by atoms with van der Waals surface area (Å²) in [6.45, 7) is 0. The Morgan fingerprint density at radius 2 is 2.60 bits per heavy atom. The van der Waals surface area contributed by atoms with Gasteiger partial charge >= 0.3 is 0 Å². The van der Waals surface area contributed by atoms with Crippen LogP contribution in [0.5, 0.6) is 0 Å². The summed E-state index contributed by atoms with van der Waals surface area (Å²) in [5, 5.41) is 3.93. The summed E-state index contributed by atoms with van der Waals surface area (Å²) in [5.41, 5.74) is 0. The first kappa shape index (κ1) is 5.22. The van der Waals surface area contributed by atoms with E-state index in [1.54, 1.807) is 29.5 Å². The van der Waals surface area contributed by atoms with E-state index in [9.17, 15) is 0 Å². The number of hydrogen-bond acceptors (Lipinski definition) is 2. The van der Waals surface area contributed by atoms with Gasteiger partial charge in [-0.1, -0.05) is 0 Å². The van der Waals surface area contributed by atoms with Gasteiger partial charge in [0.15, 0.2) is 0 Å². The van der Waals surface area contributed by atoms with E-state index in [4.69, 9.17) is 0 Å². The highest BCUT2D eigenvalue weighted by Gasteiger charge is 1.94. The maximum Gasteiger partial charge on any atom is 0.227 e. The van der Waals surface area contributed by atoms with Gasteiger partial charge in [0.2, 0.25) is 5.95 Å². The number of H-pyrrole nitrogens is 1. The first-order valence-corrected chi connectivity index (χ1v) is 2.87. The lowest BCUT2D eigenvalue weighted by atomic mass is 10.7. The molecule has 4 heteroatoms. The quantitative estimate of drug-likeness (QED) is 0.611. The summed E-state index contributed by atoms with van der Waals surface area (Å²) in [6.07, 6.45) is 6.72. The topological polar surface area (TPSA) is 46.5 Å². The Morgan fingerprint density at radius 1 is 1.60 bits per heavy atom. The molecule has 0 unspecified atom stereocenters. The molecule has 0 aliphatic carbocycles. The maximum absolute atomic E-state index is 3.98. The van der Waals surface area contributed by atoms with Crippen molar-refractivity contribution >= 4 is 0 Å². The van der Waals surface area contributed by atoms with Crippen LogP contribution in [0.3, 0.4) is 0 Å². The Labute approximate surface area is 57.5 Å². The van der Waals surface area contributed by atoms with Gasteiger partial charge in [-0.05, 0) is 0 Å². The van der Waals surface area contributed by atoms with Crippen molar-refractivity contribution in [3.05, 3.63) is 30.9 Å². The molecule has 0 atom stereocenters. The first-order valence-electron chi connectivity index (χ1n) is 2.87. The molecular weight excluding hydrogens is 128 g/mol. The zero-order chi connectivity index (χ0) is 6.81. The molecule has 1 radical (unpaired) electrons. The smallest absolute Gasteiger partial charge is 0.227 e. The summed E-state index contributed by atoms with van der Waals surface area (Å²) in [4.78, 5) is 6.89. The number of hydrogen-bond donors (Lipinski definition) is 1. The predicted molar refractivity (Wildman–Crippen MR) is 34.5 cm³/mol. The summed E-state index contributed by atoms with van der Waals surface area (Å²) >= 11 is 0. The maximum atomic E-state index is 3.98. The lowest BCUT2D eigenvalue weighted by Gasteiger charge is -1.90. The molecule has 2 rings (SSSR count). The van der Waals surface area contributed by atoms with E-state index in [1.165, 1.54) is 0 Å². The van der Waals surface area contributed by atoms with E-state index < -0.39 is 0 Å². The summed E-state index contributed by atoms with van der Waals surface area (Å²) in [7, 11) is 0. The number of rotatable bonds is 1. The zero-order valence-electron chi connectivity index (χ0n) is 5.15. The third-order valence-corrected chi connectivity index (χ3v) is 1.15. The number of imidazole rings is 1. The Balaban J connectivity index is 2.48. The van der Waals surface area contributed by atoms with Gasteiger partial charge in [-0.15, -0.1) is 0 Å². The Morgan fingerprint density at radius 3 is 3.20 bits per heavy atom. The van der Waals surface area contributed by atoms with Crippen LogP contribution in [0.25, 0.3) is 5.95 Å². The van der Waals surface area contributed by atoms with Crippen molar-refractivity contribution in [2.75, 3.05) is 0 Å². The van der Waals surface area contributed by atoms with Crippen LogP contribution in [-0.4, -0.2) is 19.7 Å². The van der Waals surface area contributed by atoms with Crippen LogP contribution in [0.1, 0.15) is 0 Å². The van der Waals surface area contributed by atoms with E-state index in [0.29, 0.717) is 5.95 Å². The second-order valence-corrected chi connectivity index (χ2v) is 1.80. The summed E-state index contributed by atoms with van der Waals surface area (Å²) in [6, 6.07) is 2.81. The molecule has 1 N–H and O–H groups in total. The normalized spacial score (nSPS) is 10.0. The molecule has 0 spiro atoms. The Hall–Kier alpha value is -1.58. The van der Waals surface area contributed by atoms with Crippen LogP contribution >= 0.6 is 0 Å². The fourth-order valence-electron chi connectivity index (χ4n) is 0.731. The van der Waals surface area contributed by atoms with Crippen molar-refractivity contribution < 1.29 is 0 Å². The molecule has 2 aromatic heterocycles. The first-order chi connectivity index (χ1) is 4.97. The van der Waals surface area contributed by atoms with Crippen molar-refractivity contribution in [1.29, 1.82) is 0 Å². The van der Waals surface area contributed by atoms with E-state index >= 15 is 0 Å². The van der Waals surface area contributed by atoms with E-state index in [1.807, 2.05) is 0 Å². The van der Waals surface area contributed by atoms with Crippen molar-refractivity contribution in [1.82, 2.24) is 19.7 Å². The van der Waals surface area contributed by atoms with Crippen LogP contribution in [0.15, 0.2) is 24.8 Å². The average molecular weight is 133 g/mol. The number of nitrogens with zero attached hydrogens (tertiary/aromatic N) is 3. The summed E-state index contributed by atoms with van der Waals surface area (Å²) in [5.74, 6) is 0.709. The molecule has 0 fully saturated rings. The minimum atomic E-state index is 0.709. The van der Waals surface area contributed by atoms with Crippen LogP contribution in [0.4, 0.5) is 0 Å². The highest BCUT2D eigenvalue weighted by atomic mass is 15.3. The molecule has 4 nitrogen and oxygen atoms in total. The van der Waals surface area contributed by atoms with Crippen LogP contribution in [-0.2, 0) is 0 Å². The minimum absolute atomic E-state index is 0.709. The van der Waals surface area contributed by atoms with E-state index in [-0.39, 0.29) is 0 Å². The lowest BCUT2D eigenvalue weighted by molar-refractivity contribution is 0.825. The average Bonchev–Trinajstić information content (AvgIpc) is 2.59.